The van der Waals surface area contributed by atoms with E-state index in [0.29, 0.717) is 11.8 Å². The van der Waals surface area contributed by atoms with Crippen LogP contribution >= 0.6 is 0 Å². The molecule has 0 aliphatic heterocycles. The molecule has 0 spiro atoms. The van der Waals surface area contributed by atoms with Gasteiger partial charge in [0.05, 0.1) is 0 Å². The van der Waals surface area contributed by atoms with Crippen molar-refractivity contribution in [1.29, 1.82) is 0 Å². The number of ether oxygens (including phenoxy) is 2. The van der Waals surface area contributed by atoms with E-state index in [0.717, 1.165) is 18.3 Å². The largest absolute Gasteiger partial charge is 0.457 e. The summed E-state index contributed by atoms with van der Waals surface area (Å²) in [6.45, 7) is 2.27. The summed E-state index contributed by atoms with van der Waals surface area (Å²) in [5, 5.41) is 0. The van der Waals surface area contributed by atoms with Gasteiger partial charge in [0.25, 0.3) is 0 Å². The van der Waals surface area contributed by atoms with Gasteiger partial charge >= 0.3 is 5.97 Å². The van der Waals surface area contributed by atoms with Gasteiger partial charge in [-0.15, -0.1) is 0 Å². The number of carbonyl (C=O) groups excluding carboxylic acids is 1. The van der Waals surface area contributed by atoms with E-state index in [1.165, 1.54) is 32.1 Å². The average Bonchev–Trinajstić information content (AvgIpc) is 2.33. The van der Waals surface area contributed by atoms with E-state index in [9.17, 15) is 4.79 Å². The van der Waals surface area contributed by atoms with Crippen LogP contribution in [0.5, 0.6) is 0 Å². The number of methoxy groups -OCH3 is 1. The van der Waals surface area contributed by atoms with E-state index in [4.69, 9.17) is 9.47 Å². The van der Waals surface area contributed by atoms with E-state index in [1.807, 2.05) is 0 Å². The normalized spacial score (nSPS) is 45.2. The van der Waals surface area contributed by atoms with Crippen LogP contribution in [0.1, 0.15) is 45.4 Å². The Kier molecular flexibility index (Phi) is 3.13. The van der Waals surface area contributed by atoms with Gasteiger partial charge in [0, 0.05) is 7.11 Å². The molecule has 0 aromatic carbocycles. The summed E-state index contributed by atoms with van der Waals surface area (Å²) in [6, 6.07) is 0. The molecule has 0 amide bonds. The second-order valence-electron chi connectivity index (χ2n) is 6.52. The third-order valence-electron chi connectivity index (χ3n) is 5.64. The Bertz CT molecular complexity index is 309. The van der Waals surface area contributed by atoms with Gasteiger partial charge in [0.2, 0.25) is 0 Å². The minimum atomic E-state index is -0.174. The first-order chi connectivity index (χ1) is 8.68. The van der Waals surface area contributed by atoms with Gasteiger partial charge in [0.15, 0.2) is 0 Å². The summed E-state index contributed by atoms with van der Waals surface area (Å²) in [5.74, 6) is 2.87. The summed E-state index contributed by atoms with van der Waals surface area (Å²) in [7, 11) is 1.55. The maximum absolute atomic E-state index is 11.9. The summed E-state index contributed by atoms with van der Waals surface area (Å²) >= 11 is 0. The van der Waals surface area contributed by atoms with Gasteiger partial charge < -0.3 is 9.47 Å². The maximum atomic E-state index is 11.9. The van der Waals surface area contributed by atoms with Gasteiger partial charge in [-0.1, -0.05) is 6.92 Å². The van der Waals surface area contributed by atoms with Crippen LogP contribution < -0.4 is 0 Å². The van der Waals surface area contributed by atoms with Crippen molar-refractivity contribution < 1.29 is 14.3 Å². The number of carbonyl (C=O) groups is 1. The van der Waals surface area contributed by atoms with Gasteiger partial charge in [-0.25, -0.2) is 4.79 Å². The minimum Gasteiger partial charge on any atom is -0.457 e. The molecule has 4 saturated carbocycles. The Morgan fingerprint density at radius 3 is 2.11 bits per heavy atom. The Morgan fingerprint density at radius 2 is 1.67 bits per heavy atom. The van der Waals surface area contributed by atoms with Crippen LogP contribution in [-0.2, 0) is 14.3 Å². The molecule has 4 rings (SSSR count). The highest BCUT2D eigenvalue weighted by molar-refractivity contribution is 5.71. The topological polar surface area (TPSA) is 35.5 Å². The Balaban J connectivity index is 1.80. The van der Waals surface area contributed by atoms with Gasteiger partial charge in [-0.3, -0.25) is 0 Å². The molecule has 3 nitrogen and oxygen atoms in total. The van der Waals surface area contributed by atoms with Gasteiger partial charge in [0.1, 0.15) is 12.2 Å². The lowest BCUT2D eigenvalue weighted by Gasteiger charge is -2.60. The highest BCUT2D eigenvalue weighted by Gasteiger charge is 2.58. The molecule has 0 unspecified atom stereocenters. The molecule has 102 valence electrons. The van der Waals surface area contributed by atoms with Crippen LogP contribution in [-0.4, -0.2) is 25.3 Å². The van der Waals surface area contributed by atoms with Crippen molar-refractivity contribution in [3.63, 3.8) is 0 Å². The zero-order valence-electron chi connectivity index (χ0n) is 11.5. The molecule has 0 atom stereocenters. The lowest BCUT2D eigenvalue weighted by Crippen LogP contribution is -2.59. The minimum absolute atomic E-state index is 0.0913. The third-order valence-corrected chi connectivity index (χ3v) is 5.64. The van der Waals surface area contributed by atoms with Crippen molar-refractivity contribution in [2.75, 3.05) is 13.7 Å². The zero-order chi connectivity index (χ0) is 12.8. The molecule has 4 aliphatic rings. The van der Waals surface area contributed by atoms with E-state index >= 15 is 0 Å². The first-order valence-electron chi connectivity index (χ1n) is 7.38. The van der Waals surface area contributed by atoms with Crippen LogP contribution in [0.25, 0.3) is 0 Å². The van der Waals surface area contributed by atoms with E-state index in [1.54, 1.807) is 7.11 Å². The average molecular weight is 252 g/mol. The third kappa shape index (κ3) is 1.78. The summed E-state index contributed by atoms with van der Waals surface area (Å²) in [4.78, 5) is 11.9. The van der Waals surface area contributed by atoms with Crippen LogP contribution in [0.15, 0.2) is 0 Å². The van der Waals surface area contributed by atoms with Crippen molar-refractivity contribution in [3.8, 4) is 0 Å². The number of rotatable bonds is 4. The first-order valence-corrected chi connectivity index (χ1v) is 7.38. The lowest BCUT2D eigenvalue weighted by molar-refractivity contribution is -0.213. The second kappa shape index (κ2) is 4.52. The zero-order valence-corrected chi connectivity index (χ0v) is 11.5. The number of hydrogen-bond donors (Lipinski definition) is 0. The molecule has 3 heteroatoms. The summed E-state index contributed by atoms with van der Waals surface area (Å²) in [6.07, 6.45) is 7.51. The lowest BCUT2D eigenvalue weighted by atomic mass is 9.49. The molecule has 4 aliphatic carbocycles. The van der Waals surface area contributed by atoms with E-state index in [2.05, 4.69) is 6.92 Å². The molecule has 0 heterocycles. The Hall–Kier alpha value is -0.570. The highest BCUT2D eigenvalue weighted by atomic mass is 16.6. The summed E-state index contributed by atoms with van der Waals surface area (Å²) < 4.78 is 10.9. The predicted octanol–water partition coefficient (Wildman–Crippen LogP) is 2.78. The first kappa shape index (κ1) is 12.5. The van der Waals surface area contributed by atoms with Crippen LogP contribution in [0.4, 0.5) is 0 Å². The fourth-order valence-corrected chi connectivity index (χ4v) is 5.16. The second-order valence-corrected chi connectivity index (χ2v) is 6.52. The van der Waals surface area contributed by atoms with Gasteiger partial charge in [-0.05, 0) is 62.2 Å². The van der Waals surface area contributed by atoms with Crippen LogP contribution in [0.3, 0.4) is 0 Å². The molecule has 4 fully saturated rings. The van der Waals surface area contributed by atoms with E-state index < -0.39 is 0 Å². The van der Waals surface area contributed by atoms with Crippen molar-refractivity contribution in [1.82, 2.24) is 0 Å². The fraction of sp³-hybridized carbons (Fsp3) is 0.933. The fourth-order valence-electron chi connectivity index (χ4n) is 5.16. The molecule has 0 radical (unpaired) electrons. The molecule has 4 bridgehead atoms. The molecular formula is C15H24O3. The Morgan fingerprint density at radius 1 is 1.11 bits per heavy atom. The maximum Gasteiger partial charge on any atom is 0.332 e. The predicted molar refractivity (Wildman–Crippen MR) is 68.0 cm³/mol. The quantitative estimate of drug-likeness (QED) is 0.722. The van der Waals surface area contributed by atoms with E-state index in [-0.39, 0.29) is 18.2 Å². The molecule has 0 N–H and O–H groups in total. The Labute approximate surface area is 109 Å². The number of hydrogen-bond acceptors (Lipinski definition) is 3. The molecule has 18 heavy (non-hydrogen) atoms. The number of esters is 1. The van der Waals surface area contributed by atoms with Crippen molar-refractivity contribution >= 4 is 5.97 Å². The highest BCUT2D eigenvalue weighted by Crippen LogP contribution is 2.60. The molecular weight excluding hydrogens is 228 g/mol. The smallest absolute Gasteiger partial charge is 0.332 e. The molecule has 0 saturated heterocycles. The van der Waals surface area contributed by atoms with Crippen molar-refractivity contribution in [3.05, 3.63) is 0 Å². The van der Waals surface area contributed by atoms with Crippen molar-refractivity contribution in [2.24, 2.45) is 23.7 Å². The van der Waals surface area contributed by atoms with Gasteiger partial charge in [-0.2, -0.15) is 0 Å². The summed E-state index contributed by atoms with van der Waals surface area (Å²) in [5.41, 5.74) is -0.164. The molecule has 0 aromatic rings. The SMILES string of the molecule is CCC1(OC(=O)COC)C2CC3CC(C2)CC1C3. The van der Waals surface area contributed by atoms with Crippen LogP contribution in [0.2, 0.25) is 0 Å². The monoisotopic (exact) mass is 252 g/mol. The van der Waals surface area contributed by atoms with Crippen LogP contribution in [0, 0.1) is 23.7 Å². The molecule has 0 aromatic heterocycles. The standard InChI is InChI=1S/C15H24O3/c1-3-15(18-14(16)9-17-2)12-5-10-4-11(7-12)8-13(15)6-10/h10-13H,3-9H2,1-2H3. The van der Waals surface area contributed by atoms with Crippen molar-refractivity contribution in [2.45, 2.75) is 51.0 Å².